The van der Waals surface area contributed by atoms with E-state index in [0.717, 1.165) is 82.4 Å². The summed E-state index contributed by atoms with van der Waals surface area (Å²) in [6, 6.07) is 71.8. The lowest BCUT2D eigenvalue weighted by molar-refractivity contribution is 0.623. The van der Waals surface area contributed by atoms with Crippen molar-refractivity contribution in [1.82, 2.24) is 19.9 Å². The van der Waals surface area contributed by atoms with Gasteiger partial charge in [-0.25, -0.2) is 19.9 Å². The Morgan fingerprint density at radius 2 is 0.836 bits per heavy atom. The van der Waals surface area contributed by atoms with Gasteiger partial charge in [-0.1, -0.05) is 176 Å². The van der Waals surface area contributed by atoms with Crippen molar-refractivity contribution in [2.75, 3.05) is 0 Å². The minimum Gasteiger partial charge on any atom is -0.435 e. The van der Waals surface area contributed by atoms with Crippen LogP contribution in [0.2, 0.25) is 0 Å². The Morgan fingerprint density at radius 1 is 0.295 bits per heavy atom. The first-order valence-corrected chi connectivity index (χ1v) is 20.5. The molecule has 0 bridgehead atoms. The molecule has 0 spiro atoms. The lowest BCUT2D eigenvalue weighted by atomic mass is 9.95. The van der Waals surface area contributed by atoms with Crippen LogP contribution in [0.4, 0.5) is 0 Å². The first kappa shape index (κ1) is 34.7. The van der Waals surface area contributed by atoms with Crippen LogP contribution in [0.3, 0.4) is 0 Å². The summed E-state index contributed by atoms with van der Waals surface area (Å²) in [5, 5.41) is 9.01. The molecule has 5 nitrogen and oxygen atoms in total. The van der Waals surface area contributed by atoms with Gasteiger partial charge in [0.2, 0.25) is 5.89 Å². The monoisotopic (exact) mass is 778 g/mol. The largest absolute Gasteiger partial charge is 0.435 e. The van der Waals surface area contributed by atoms with Gasteiger partial charge in [-0.3, -0.25) is 0 Å². The second-order valence-corrected chi connectivity index (χ2v) is 15.4. The first-order chi connectivity index (χ1) is 30.2. The second kappa shape index (κ2) is 14.2. The van der Waals surface area contributed by atoms with E-state index in [-0.39, 0.29) is 0 Å². The van der Waals surface area contributed by atoms with Crippen molar-refractivity contribution in [2.24, 2.45) is 0 Å². The van der Waals surface area contributed by atoms with E-state index < -0.39 is 0 Å². The molecular weight excluding hydrogens is 745 g/mol. The fourth-order valence-electron chi connectivity index (χ4n) is 8.70. The van der Waals surface area contributed by atoms with Crippen LogP contribution in [0.1, 0.15) is 0 Å². The highest BCUT2D eigenvalue weighted by Crippen LogP contribution is 2.40. The molecule has 61 heavy (non-hydrogen) atoms. The van der Waals surface area contributed by atoms with Gasteiger partial charge in [-0.15, -0.1) is 0 Å². The van der Waals surface area contributed by atoms with Crippen LogP contribution in [0.5, 0.6) is 0 Å². The third-order valence-electron chi connectivity index (χ3n) is 11.7. The highest BCUT2D eigenvalue weighted by molar-refractivity contribution is 6.26. The van der Waals surface area contributed by atoms with E-state index in [4.69, 9.17) is 24.4 Å². The van der Waals surface area contributed by atoms with Crippen molar-refractivity contribution < 1.29 is 4.42 Å². The van der Waals surface area contributed by atoms with Crippen LogP contribution in [-0.4, -0.2) is 19.9 Å². The van der Waals surface area contributed by atoms with Crippen molar-refractivity contribution in [3.8, 4) is 67.9 Å². The summed E-state index contributed by atoms with van der Waals surface area (Å²) >= 11 is 0. The Morgan fingerprint density at radius 3 is 1.62 bits per heavy atom. The summed E-state index contributed by atoms with van der Waals surface area (Å²) in [5.41, 5.74) is 9.87. The predicted molar refractivity (Wildman–Crippen MR) is 250 cm³/mol. The molecule has 12 rings (SSSR count). The standard InChI is InChI=1S/C56H34N4O/c1-3-11-35(12-4-1)36-21-26-40(27-22-36)53-58-54(44-18-9-17-42(33-44)47-20-10-16-37-13-7-8-19-46(37)47)60-55(59-53)45-29-31-48-43(34-45)28-25-38-23-24-39-30-32-49-52(51(39)50(38)48)61-56(57-49)41-14-5-2-6-15-41/h1-34H. The van der Waals surface area contributed by atoms with Crippen molar-refractivity contribution in [3.63, 3.8) is 0 Å². The molecule has 0 saturated carbocycles. The maximum atomic E-state index is 6.58. The fraction of sp³-hybridized carbons (Fsp3) is 0. The average molecular weight is 779 g/mol. The number of nitrogens with zero attached hydrogens (tertiary/aromatic N) is 4. The molecule has 284 valence electrons. The quantitative estimate of drug-likeness (QED) is 0.157. The van der Waals surface area contributed by atoms with E-state index in [0.29, 0.717) is 23.4 Å². The minimum absolute atomic E-state index is 0.604. The Balaban J connectivity index is 1.02. The van der Waals surface area contributed by atoms with Crippen LogP contribution in [0, 0.1) is 0 Å². The highest BCUT2D eigenvalue weighted by Gasteiger charge is 2.18. The van der Waals surface area contributed by atoms with E-state index in [1.54, 1.807) is 0 Å². The number of rotatable bonds is 6. The average Bonchev–Trinajstić information content (AvgIpc) is 3.79. The molecule has 0 aliphatic carbocycles. The maximum absolute atomic E-state index is 6.58. The molecule has 5 heteroatoms. The minimum atomic E-state index is 0.604. The molecule has 0 aliphatic rings. The van der Waals surface area contributed by atoms with Crippen molar-refractivity contribution in [3.05, 3.63) is 206 Å². The molecule has 12 aromatic rings. The summed E-state index contributed by atoms with van der Waals surface area (Å²) < 4.78 is 6.58. The topological polar surface area (TPSA) is 64.7 Å². The van der Waals surface area contributed by atoms with Crippen molar-refractivity contribution in [2.45, 2.75) is 0 Å². The van der Waals surface area contributed by atoms with Crippen LogP contribution in [-0.2, 0) is 0 Å². The van der Waals surface area contributed by atoms with Crippen LogP contribution in [0.25, 0.3) is 122 Å². The summed E-state index contributed by atoms with van der Waals surface area (Å²) in [6.45, 7) is 0. The van der Waals surface area contributed by atoms with Gasteiger partial charge in [0.05, 0.1) is 0 Å². The van der Waals surface area contributed by atoms with Crippen LogP contribution < -0.4 is 0 Å². The maximum Gasteiger partial charge on any atom is 0.227 e. The molecule has 2 heterocycles. The van der Waals surface area contributed by atoms with Crippen molar-refractivity contribution >= 4 is 54.2 Å². The third-order valence-corrected chi connectivity index (χ3v) is 11.7. The van der Waals surface area contributed by atoms with E-state index in [1.807, 2.05) is 42.5 Å². The van der Waals surface area contributed by atoms with E-state index in [1.165, 1.54) is 16.3 Å². The lowest BCUT2D eigenvalue weighted by Crippen LogP contribution is -2.00. The molecule has 2 aromatic heterocycles. The van der Waals surface area contributed by atoms with Gasteiger partial charge in [0.25, 0.3) is 0 Å². The zero-order valence-corrected chi connectivity index (χ0v) is 32.8. The molecule has 10 aromatic carbocycles. The van der Waals surface area contributed by atoms with Gasteiger partial charge >= 0.3 is 0 Å². The number of oxazole rings is 1. The Kier molecular flexibility index (Phi) is 8.10. The van der Waals surface area contributed by atoms with Gasteiger partial charge in [0.15, 0.2) is 23.1 Å². The highest BCUT2D eigenvalue weighted by atomic mass is 16.3. The normalized spacial score (nSPS) is 11.6. The first-order valence-electron chi connectivity index (χ1n) is 20.5. The number of fused-ring (bicyclic) bond motifs is 8. The molecule has 0 saturated heterocycles. The van der Waals surface area contributed by atoms with Crippen LogP contribution >= 0.6 is 0 Å². The van der Waals surface area contributed by atoms with Gasteiger partial charge in [-0.2, -0.15) is 0 Å². The molecule has 0 atom stereocenters. The molecule has 0 unspecified atom stereocenters. The van der Waals surface area contributed by atoms with Crippen molar-refractivity contribution in [1.29, 1.82) is 0 Å². The summed E-state index contributed by atoms with van der Waals surface area (Å²) in [6.07, 6.45) is 0. The molecule has 0 N–H and O–H groups in total. The number of hydrogen-bond donors (Lipinski definition) is 0. The fourth-order valence-corrected chi connectivity index (χ4v) is 8.70. The number of aromatic nitrogens is 4. The zero-order valence-electron chi connectivity index (χ0n) is 32.8. The summed E-state index contributed by atoms with van der Waals surface area (Å²) in [7, 11) is 0. The SMILES string of the molecule is c1ccc(-c2ccc(-c3nc(-c4cccc(-c5cccc6ccccc56)c4)nc(-c4ccc5c(ccc6ccc7ccc8nc(-c9ccccc9)oc8c7c65)c4)n3)cc2)cc1. The molecule has 0 aliphatic heterocycles. The molecule has 0 fully saturated rings. The predicted octanol–water partition coefficient (Wildman–Crippen LogP) is 14.6. The summed E-state index contributed by atoms with van der Waals surface area (Å²) in [4.78, 5) is 20.4. The Bertz CT molecular complexity index is 3630. The van der Waals surface area contributed by atoms with E-state index >= 15 is 0 Å². The number of benzene rings is 10. The molecule has 0 radical (unpaired) electrons. The number of hydrogen-bond acceptors (Lipinski definition) is 5. The smallest absolute Gasteiger partial charge is 0.227 e. The Hall–Kier alpha value is -8.28. The molecule has 0 amide bonds. The van der Waals surface area contributed by atoms with Gasteiger partial charge in [0.1, 0.15) is 5.52 Å². The summed E-state index contributed by atoms with van der Waals surface area (Å²) in [5.74, 6) is 2.44. The molecular formula is C56H34N4O. The second-order valence-electron chi connectivity index (χ2n) is 15.4. The van der Waals surface area contributed by atoms with E-state index in [2.05, 4.69) is 164 Å². The third kappa shape index (κ3) is 6.10. The lowest BCUT2D eigenvalue weighted by Gasteiger charge is -2.12. The zero-order chi connectivity index (χ0) is 40.3. The van der Waals surface area contributed by atoms with Gasteiger partial charge in [0, 0.05) is 33.0 Å². The van der Waals surface area contributed by atoms with Gasteiger partial charge < -0.3 is 4.42 Å². The van der Waals surface area contributed by atoms with Gasteiger partial charge in [-0.05, 0) is 84.9 Å². The Labute approximate surface area is 351 Å². The van der Waals surface area contributed by atoms with Crippen LogP contribution in [0.15, 0.2) is 211 Å². The van der Waals surface area contributed by atoms with E-state index in [9.17, 15) is 0 Å².